The molecular formula is C26H36ClN3O5. The first-order chi connectivity index (χ1) is 16.4. The van der Waals surface area contributed by atoms with E-state index in [0.717, 1.165) is 5.56 Å². The van der Waals surface area contributed by atoms with Gasteiger partial charge in [-0.1, -0.05) is 51.4 Å². The van der Waals surface area contributed by atoms with Gasteiger partial charge in [0, 0.05) is 35.9 Å². The molecule has 3 unspecified atom stereocenters. The summed E-state index contributed by atoms with van der Waals surface area (Å²) in [6.07, 6.45) is 1.66. The molecule has 192 valence electrons. The standard InChI is InChI=1S/C26H36ClN3O5/c1-16(2)20(29-21(31)17-9-10-25(13-17)14-28-23(33)35-25)22(32)30-12-11-26(34,24(3,4)15-30)18-5-7-19(27)8-6-18/h5-8,16-17,20,34H,9-15H2,1-4H3,(H,28,33)(H,29,31)/t17-,20?,25?,26?/m1/s1. The molecule has 3 aliphatic rings. The second kappa shape index (κ2) is 9.28. The summed E-state index contributed by atoms with van der Waals surface area (Å²) in [4.78, 5) is 40.0. The summed E-state index contributed by atoms with van der Waals surface area (Å²) >= 11 is 6.03. The van der Waals surface area contributed by atoms with Crippen LogP contribution in [0.5, 0.6) is 0 Å². The van der Waals surface area contributed by atoms with Crippen LogP contribution in [0.15, 0.2) is 24.3 Å². The zero-order chi connectivity index (χ0) is 25.6. The number of ether oxygens (including phenoxy) is 1. The molecule has 1 spiro atoms. The number of benzene rings is 1. The Morgan fingerprint density at radius 2 is 1.91 bits per heavy atom. The average Bonchev–Trinajstić information content (AvgIpc) is 3.38. The number of rotatable bonds is 5. The second-order valence-corrected chi connectivity index (χ2v) is 11.8. The summed E-state index contributed by atoms with van der Waals surface area (Å²) in [5, 5.41) is 17.9. The first kappa shape index (κ1) is 25.8. The van der Waals surface area contributed by atoms with E-state index >= 15 is 0 Å². The fourth-order valence-corrected chi connectivity index (χ4v) is 5.95. The summed E-state index contributed by atoms with van der Waals surface area (Å²) in [6.45, 7) is 8.91. The number of nitrogens with zero attached hydrogens (tertiary/aromatic N) is 1. The summed E-state index contributed by atoms with van der Waals surface area (Å²) in [7, 11) is 0. The maximum atomic E-state index is 13.6. The molecule has 8 nitrogen and oxygen atoms in total. The molecule has 9 heteroatoms. The molecule has 35 heavy (non-hydrogen) atoms. The van der Waals surface area contributed by atoms with Gasteiger partial charge in [0.2, 0.25) is 11.8 Å². The quantitative estimate of drug-likeness (QED) is 0.569. The monoisotopic (exact) mass is 505 g/mol. The van der Waals surface area contributed by atoms with Crippen LogP contribution in [0.2, 0.25) is 5.02 Å². The van der Waals surface area contributed by atoms with E-state index in [1.54, 1.807) is 17.0 Å². The van der Waals surface area contributed by atoms with E-state index in [9.17, 15) is 19.5 Å². The van der Waals surface area contributed by atoms with Crippen LogP contribution in [0.4, 0.5) is 4.79 Å². The summed E-state index contributed by atoms with van der Waals surface area (Å²) in [6, 6.07) is 6.54. The average molecular weight is 506 g/mol. The fraction of sp³-hybridized carbons (Fsp3) is 0.654. The molecule has 3 N–H and O–H groups in total. The van der Waals surface area contributed by atoms with Gasteiger partial charge in [0.25, 0.3) is 0 Å². The van der Waals surface area contributed by atoms with Gasteiger partial charge in [-0.15, -0.1) is 0 Å². The smallest absolute Gasteiger partial charge is 0.407 e. The summed E-state index contributed by atoms with van der Waals surface area (Å²) in [5.41, 5.74) is -1.54. The SMILES string of the molecule is CC(C)C(NC(=O)[C@@H]1CCC2(CNC(=O)O2)C1)C(=O)N1CCC(O)(c2ccc(Cl)cc2)C(C)(C)C1. The van der Waals surface area contributed by atoms with Crippen molar-refractivity contribution < 1.29 is 24.2 Å². The molecule has 2 saturated heterocycles. The van der Waals surface area contributed by atoms with Crippen LogP contribution in [0.3, 0.4) is 0 Å². The van der Waals surface area contributed by atoms with Crippen LogP contribution >= 0.6 is 11.6 Å². The van der Waals surface area contributed by atoms with Gasteiger partial charge in [0.15, 0.2) is 0 Å². The zero-order valence-electron chi connectivity index (χ0n) is 20.9. The third kappa shape index (κ3) is 4.87. The van der Waals surface area contributed by atoms with E-state index in [1.165, 1.54) is 0 Å². The van der Waals surface area contributed by atoms with Gasteiger partial charge < -0.3 is 25.4 Å². The van der Waals surface area contributed by atoms with Gasteiger partial charge in [-0.05, 0) is 42.9 Å². The van der Waals surface area contributed by atoms with Crippen molar-refractivity contribution in [2.24, 2.45) is 17.3 Å². The molecule has 3 amide bonds. The number of hydrogen-bond donors (Lipinski definition) is 3. The highest BCUT2D eigenvalue weighted by Crippen LogP contribution is 2.46. The van der Waals surface area contributed by atoms with Gasteiger partial charge in [-0.3, -0.25) is 9.59 Å². The van der Waals surface area contributed by atoms with Crippen LogP contribution in [-0.4, -0.2) is 59.2 Å². The lowest BCUT2D eigenvalue weighted by Gasteiger charge is -2.51. The lowest BCUT2D eigenvalue weighted by molar-refractivity contribution is -0.157. The Morgan fingerprint density at radius 3 is 2.49 bits per heavy atom. The topological polar surface area (TPSA) is 108 Å². The lowest BCUT2D eigenvalue weighted by Crippen LogP contribution is -2.60. The predicted molar refractivity (Wildman–Crippen MR) is 132 cm³/mol. The normalized spacial score (nSPS) is 30.8. The zero-order valence-corrected chi connectivity index (χ0v) is 21.7. The van der Waals surface area contributed by atoms with Gasteiger partial charge in [0.1, 0.15) is 11.6 Å². The Bertz CT molecular complexity index is 997. The largest absolute Gasteiger partial charge is 0.441 e. The van der Waals surface area contributed by atoms with E-state index < -0.39 is 28.8 Å². The van der Waals surface area contributed by atoms with Crippen molar-refractivity contribution in [2.45, 2.75) is 70.6 Å². The Kier molecular flexibility index (Phi) is 6.83. The molecule has 4 atom stereocenters. The predicted octanol–water partition coefficient (Wildman–Crippen LogP) is 3.21. The molecule has 1 aliphatic carbocycles. The van der Waals surface area contributed by atoms with Crippen molar-refractivity contribution in [2.75, 3.05) is 19.6 Å². The van der Waals surface area contributed by atoms with E-state index in [-0.39, 0.29) is 23.7 Å². The van der Waals surface area contributed by atoms with Crippen molar-refractivity contribution in [1.29, 1.82) is 0 Å². The summed E-state index contributed by atoms with van der Waals surface area (Å²) < 4.78 is 5.43. The maximum Gasteiger partial charge on any atom is 0.407 e. The number of carbonyl (C=O) groups is 3. The number of aliphatic hydroxyl groups is 1. The number of likely N-dealkylation sites (tertiary alicyclic amines) is 1. The Hall–Kier alpha value is -2.32. The third-order valence-corrected chi connectivity index (χ3v) is 8.37. The molecule has 2 heterocycles. The van der Waals surface area contributed by atoms with Gasteiger partial charge >= 0.3 is 6.09 Å². The van der Waals surface area contributed by atoms with Crippen molar-refractivity contribution in [3.05, 3.63) is 34.9 Å². The van der Waals surface area contributed by atoms with Crippen LogP contribution in [-0.2, 0) is 19.9 Å². The highest BCUT2D eigenvalue weighted by atomic mass is 35.5. The van der Waals surface area contributed by atoms with Gasteiger partial charge in [-0.2, -0.15) is 0 Å². The third-order valence-electron chi connectivity index (χ3n) is 8.11. The van der Waals surface area contributed by atoms with Crippen LogP contribution in [0.1, 0.15) is 58.9 Å². The first-order valence-electron chi connectivity index (χ1n) is 12.4. The van der Waals surface area contributed by atoms with E-state index in [0.29, 0.717) is 50.3 Å². The van der Waals surface area contributed by atoms with Crippen LogP contribution < -0.4 is 10.6 Å². The van der Waals surface area contributed by atoms with Crippen molar-refractivity contribution >= 4 is 29.5 Å². The number of piperidine rings is 1. The Balaban J connectivity index is 1.43. The number of halogens is 1. The minimum atomic E-state index is -1.10. The minimum Gasteiger partial charge on any atom is -0.441 e. The molecule has 1 aromatic rings. The van der Waals surface area contributed by atoms with Crippen molar-refractivity contribution in [1.82, 2.24) is 15.5 Å². The molecule has 0 bridgehead atoms. The van der Waals surface area contributed by atoms with Crippen molar-refractivity contribution in [3.63, 3.8) is 0 Å². The number of carbonyl (C=O) groups excluding carboxylic acids is 3. The van der Waals surface area contributed by atoms with Gasteiger partial charge in [-0.25, -0.2) is 4.79 Å². The lowest BCUT2D eigenvalue weighted by atomic mass is 9.66. The molecule has 1 saturated carbocycles. The second-order valence-electron chi connectivity index (χ2n) is 11.4. The molecule has 4 rings (SSSR count). The van der Waals surface area contributed by atoms with Crippen LogP contribution in [0, 0.1) is 17.3 Å². The highest BCUT2D eigenvalue weighted by molar-refractivity contribution is 6.30. The highest BCUT2D eigenvalue weighted by Gasteiger charge is 2.51. The van der Waals surface area contributed by atoms with Gasteiger partial charge in [0.05, 0.1) is 12.1 Å². The molecule has 0 radical (unpaired) electrons. The summed E-state index contributed by atoms with van der Waals surface area (Å²) in [5.74, 6) is -0.718. The number of alkyl carbamates (subject to hydrolysis) is 1. The van der Waals surface area contributed by atoms with E-state index in [2.05, 4.69) is 10.6 Å². The van der Waals surface area contributed by atoms with E-state index in [1.807, 2.05) is 39.8 Å². The molecule has 2 aliphatic heterocycles. The minimum absolute atomic E-state index is 0.104. The Labute approximate surface area is 211 Å². The number of nitrogens with one attached hydrogen (secondary N) is 2. The number of hydrogen-bond acceptors (Lipinski definition) is 5. The first-order valence-corrected chi connectivity index (χ1v) is 12.8. The number of amides is 3. The van der Waals surface area contributed by atoms with E-state index in [4.69, 9.17) is 16.3 Å². The van der Waals surface area contributed by atoms with Crippen molar-refractivity contribution in [3.8, 4) is 0 Å². The van der Waals surface area contributed by atoms with Crippen LogP contribution in [0.25, 0.3) is 0 Å². The molecular weight excluding hydrogens is 470 g/mol. The molecule has 3 fully saturated rings. The fourth-order valence-electron chi connectivity index (χ4n) is 5.82. The molecule has 0 aromatic heterocycles. The molecule has 1 aromatic carbocycles. The Morgan fingerprint density at radius 1 is 1.23 bits per heavy atom. The maximum absolute atomic E-state index is 13.6.